The number of benzene rings is 4. The number of hydrogen-bond donors (Lipinski definition) is 0. The molecule has 4 aromatic rings. The molecular formula is C26H18N2O2. The number of hydrogen-bond acceptors (Lipinski definition) is 4. The van der Waals surface area contributed by atoms with Crippen molar-refractivity contribution in [2.45, 2.75) is 0 Å². The fourth-order valence-electron chi connectivity index (χ4n) is 3.70. The molecule has 4 nitrogen and oxygen atoms in total. The summed E-state index contributed by atoms with van der Waals surface area (Å²) in [5, 5.41) is 21.0. The highest BCUT2D eigenvalue weighted by molar-refractivity contribution is 5.96. The SMILES string of the molecule is COc1cc2cc(OC)c(-c3ccccc3C#N)cc2cc1-c1ccccc1C#N. The number of fused-ring (bicyclic) bond motifs is 1. The second-order valence-corrected chi connectivity index (χ2v) is 6.77. The molecule has 4 rings (SSSR count). The molecule has 0 bridgehead atoms. The van der Waals surface area contributed by atoms with Crippen LogP contribution in [0.2, 0.25) is 0 Å². The normalized spacial score (nSPS) is 10.3. The van der Waals surface area contributed by atoms with Crippen molar-refractivity contribution in [2.75, 3.05) is 14.2 Å². The molecule has 0 amide bonds. The third-order valence-electron chi connectivity index (χ3n) is 5.15. The van der Waals surface area contributed by atoms with Crippen molar-refractivity contribution in [2.24, 2.45) is 0 Å². The summed E-state index contributed by atoms with van der Waals surface area (Å²) in [6.07, 6.45) is 0. The average Bonchev–Trinajstić information content (AvgIpc) is 2.82. The molecule has 0 N–H and O–H groups in total. The van der Waals surface area contributed by atoms with Crippen molar-refractivity contribution < 1.29 is 9.47 Å². The lowest BCUT2D eigenvalue weighted by Gasteiger charge is -2.15. The molecule has 30 heavy (non-hydrogen) atoms. The van der Waals surface area contributed by atoms with E-state index in [1.807, 2.05) is 60.7 Å². The highest BCUT2D eigenvalue weighted by Crippen LogP contribution is 2.41. The molecule has 0 aromatic heterocycles. The van der Waals surface area contributed by atoms with E-state index in [0.29, 0.717) is 22.6 Å². The summed E-state index contributed by atoms with van der Waals surface area (Å²) in [5.41, 5.74) is 4.47. The van der Waals surface area contributed by atoms with Crippen LogP contribution in [0.5, 0.6) is 11.5 Å². The van der Waals surface area contributed by atoms with Gasteiger partial charge in [0.25, 0.3) is 0 Å². The van der Waals surface area contributed by atoms with Crippen LogP contribution in [0.1, 0.15) is 11.1 Å². The molecule has 0 saturated heterocycles. The molecule has 0 fully saturated rings. The Morgan fingerprint density at radius 3 is 1.37 bits per heavy atom. The van der Waals surface area contributed by atoms with Crippen LogP contribution in [0.3, 0.4) is 0 Å². The molecule has 4 heteroatoms. The quantitative estimate of drug-likeness (QED) is 0.433. The Morgan fingerprint density at radius 2 is 0.967 bits per heavy atom. The number of nitriles is 2. The molecule has 0 aliphatic rings. The smallest absolute Gasteiger partial charge is 0.127 e. The molecule has 0 spiro atoms. The second-order valence-electron chi connectivity index (χ2n) is 6.77. The highest BCUT2D eigenvalue weighted by atomic mass is 16.5. The fraction of sp³-hybridized carbons (Fsp3) is 0.0769. The first-order chi connectivity index (χ1) is 14.7. The first-order valence-electron chi connectivity index (χ1n) is 9.39. The van der Waals surface area contributed by atoms with Gasteiger partial charge in [0, 0.05) is 22.3 Å². The first kappa shape index (κ1) is 19.1. The summed E-state index contributed by atoms with van der Waals surface area (Å²) in [6.45, 7) is 0. The Hall–Kier alpha value is -4.28. The molecule has 0 saturated carbocycles. The zero-order chi connectivity index (χ0) is 21.1. The number of methoxy groups -OCH3 is 2. The van der Waals surface area contributed by atoms with E-state index in [4.69, 9.17) is 9.47 Å². The molecule has 144 valence electrons. The molecule has 0 atom stereocenters. The van der Waals surface area contributed by atoms with Gasteiger partial charge in [-0.05, 0) is 47.2 Å². The fourth-order valence-corrected chi connectivity index (χ4v) is 3.70. The average molecular weight is 390 g/mol. The summed E-state index contributed by atoms with van der Waals surface area (Å²) >= 11 is 0. The van der Waals surface area contributed by atoms with Crippen LogP contribution in [0, 0.1) is 22.7 Å². The van der Waals surface area contributed by atoms with E-state index in [9.17, 15) is 10.5 Å². The second kappa shape index (κ2) is 7.99. The summed E-state index contributed by atoms with van der Waals surface area (Å²) < 4.78 is 11.3. The van der Waals surface area contributed by atoms with Crippen molar-refractivity contribution in [3.05, 3.63) is 83.9 Å². The molecule has 0 radical (unpaired) electrons. The van der Waals surface area contributed by atoms with Crippen LogP contribution in [-0.4, -0.2) is 14.2 Å². The van der Waals surface area contributed by atoms with Crippen molar-refractivity contribution in [3.63, 3.8) is 0 Å². The molecule has 0 aliphatic carbocycles. The van der Waals surface area contributed by atoms with Gasteiger partial charge < -0.3 is 9.47 Å². The van der Waals surface area contributed by atoms with Gasteiger partial charge in [-0.1, -0.05) is 36.4 Å². The van der Waals surface area contributed by atoms with Crippen LogP contribution in [0.15, 0.2) is 72.8 Å². The molecule has 0 unspecified atom stereocenters. The van der Waals surface area contributed by atoms with E-state index >= 15 is 0 Å². The molecule has 0 aliphatic heterocycles. The molecule has 4 aromatic carbocycles. The van der Waals surface area contributed by atoms with Crippen LogP contribution >= 0.6 is 0 Å². The number of nitrogens with zero attached hydrogens (tertiary/aromatic N) is 2. The summed E-state index contributed by atoms with van der Waals surface area (Å²) in [7, 11) is 3.24. The summed E-state index contributed by atoms with van der Waals surface area (Å²) in [4.78, 5) is 0. The Kier molecular flexibility index (Phi) is 5.08. The predicted molar refractivity (Wildman–Crippen MR) is 117 cm³/mol. The lowest BCUT2D eigenvalue weighted by atomic mass is 9.93. The minimum Gasteiger partial charge on any atom is -0.496 e. The Balaban J connectivity index is 2.02. The third-order valence-corrected chi connectivity index (χ3v) is 5.15. The third kappa shape index (κ3) is 3.21. The standard InChI is InChI=1S/C26H18N2O2/c1-29-25-13-20-14-26(30-2)24(22-10-6-4-8-18(22)16-28)12-19(20)11-23(25)21-9-5-3-7-17(21)15-27/h3-14H,1-2H3. The summed E-state index contributed by atoms with van der Waals surface area (Å²) in [6, 6.07) is 27.3. The van der Waals surface area contributed by atoms with Gasteiger partial charge in [-0.25, -0.2) is 0 Å². The highest BCUT2D eigenvalue weighted by Gasteiger charge is 2.16. The van der Waals surface area contributed by atoms with E-state index < -0.39 is 0 Å². The van der Waals surface area contributed by atoms with E-state index in [-0.39, 0.29) is 0 Å². The Morgan fingerprint density at radius 1 is 0.567 bits per heavy atom. The Bertz CT molecular complexity index is 1240. The molecular weight excluding hydrogens is 372 g/mol. The largest absolute Gasteiger partial charge is 0.496 e. The minimum atomic E-state index is 0.582. The van der Waals surface area contributed by atoms with Crippen LogP contribution < -0.4 is 9.47 Å². The van der Waals surface area contributed by atoms with E-state index in [0.717, 1.165) is 33.0 Å². The Labute approximate surface area is 175 Å². The van der Waals surface area contributed by atoms with Crippen molar-refractivity contribution in [1.29, 1.82) is 10.5 Å². The number of ether oxygens (including phenoxy) is 2. The summed E-state index contributed by atoms with van der Waals surface area (Å²) in [5.74, 6) is 1.36. The van der Waals surface area contributed by atoms with Crippen LogP contribution in [0.25, 0.3) is 33.0 Å². The lowest BCUT2D eigenvalue weighted by molar-refractivity contribution is 0.415. The topological polar surface area (TPSA) is 66.0 Å². The van der Waals surface area contributed by atoms with E-state index in [1.54, 1.807) is 26.4 Å². The first-order valence-corrected chi connectivity index (χ1v) is 9.39. The van der Waals surface area contributed by atoms with E-state index in [2.05, 4.69) is 12.1 Å². The van der Waals surface area contributed by atoms with Gasteiger partial charge in [0.2, 0.25) is 0 Å². The monoisotopic (exact) mass is 390 g/mol. The van der Waals surface area contributed by atoms with Gasteiger partial charge in [0.1, 0.15) is 11.5 Å². The van der Waals surface area contributed by atoms with Crippen molar-refractivity contribution in [1.82, 2.24) is 0 Å². The number of rotatable bonds is 4. The van der Waals surface area contributed by atoms with Gasteiger partial charge in [0.15, 0.2) is 0 Å². The predicted octanol–water partition coefficient (Wildman–Crippen LogP) is 5.93. The molecule has 0 heterocycles. The van der Waals surface area contributed by atoms with Crippen molar-refractivity contribution >= 4 is 10.8 Å². The van der Waals surface area contributed by atoms with Gasteiger partial charge in [-0.3, -0.25) is 0 Å². The van der Waals surface area contributed by atoms with Crippen LogP contribution in [-0.2, 0) is 0 Å². The van der Waals surface area contributed by atoms with Gasteiger partial charge >= 0.3 is 0 Å². The van der Waals surface area contributed by atoms with E-state index in [1.165, 1.54) is 0 Å². The van der Waals surface area contributed by atoms with Crippen molar-refractivity contribution in [3.8, 4) is 45.9 Å². The van der Waals surface area contributed by atoms with Gasteiger partial charge in [0.05, 0.1) is 37.5 Å². The maximum Gasteiger partial charge on any atom is 0.127 e. The maximum atomic E-state index is 9.54. The lowest BCUT2D eigenvalue weighted by Crippen LogP contribution is -1.94. The van der Waals surface area contributed by atoms with Gasteiger partial charge in [-0.2, -0.15) is 10.5 Å². The van der Waals surface area contributed by atoms with Gasteiger partial charge in [-0.15, -0.1) is 0 Å². The van der Waals surface area contributed by atoms with Crippen LogP contribution in [0.4, 0.5) is 0 Å². The zero-order valence-corrected chi connectivity index (χ0v) is 16.6. The maximum absolute atomic E-state index is 9.54. The minimum absolute atomic E-state index is 0.582. The zero-order valence-electron chi connectivity index (χ0n) is 16.6.